The maximum absolute atomic E-state index is 6.03. The molecule has 0 amide bonds. The zero-order valence-electron chi connectivity index (χ0n) is 17.9. The molecular formula is C23H40O3. The average Bonchev–Trinajstić information content (AvgIpc) is 2.41. The van der Waals surface area contributed by atoms with E-state index in [-0.39, 0.29) is 11.2 Å². The number of hydrogen-bond acceptors (Lipinski definition) is 3. The van der Waals surface area contributed by atoms with Crippen LogP contribution in [0.2, 0.25) is 0 Å². The molecule has 0 aliphatic heterocycles. The highest BCUT2D eigenvalue weighted by atomic mass is 16.5. The Morgan fingerprint density at radius 3 is 2.00 bits per heavy atom. The van der Waals surface area contributed by atoms with Gasteiger partial charge in [-0.15, -0.1) is 0 Å². The van der Waals surface area contributed by atoms with Crippen LogP contribution >= 0.6 is 0 Å². The van der Waals surface area contributed by atoms with Crippen LogP contribution in [0, 0.1) is 29.6 Å². The Bertz CT molecular complexity index is 462. The van der Waals surface area contributed by atoms with Gasteiger partial charge in [0.25, 0.3) is 0 Å². The quantitative estimate of drug-likeness (QED) is 0.436. The Morgan fingerprint density at radius 1 is 0.808 bits per heavy atom. The highest BCUT2D eigenvalue weighted by molar-refractivity contribution is 5.08. The Morgan fingerprint density at radius 2 is 1.42 bits per heavy atom. The molecular weight excluding hydrogens is 324 g/mol. The SMILES string of the molecule is CC(C)(C)OCCOCC#CC1CC(CCC2CC(OC(C)(C)C)C2)C1. The maximum Gasteiger partial charge on any atom is 0.107 e. The van der Waals surface area contributed by atoms with Gasteiger partial charge in [0.1, 0.15) is 6.61 Å². The first-order valence-corrected chi connectivity index (χ1v) is 10.5. The van der Waals surface area contributed by atoms with Crippen molar-refractivity contribution in [1.29, 1.82) is 0 Å². The third kappa shape index (κ3) is 8.89. The van der Waals surface area contributed by atoms with Crippen molar-refractivity contribution < 1.29 is 14.2 Å². The molecule has 0 radical (unpaired) electrons. The van der Waals surface area contributed by atoms with Gasteiger partial charge < -0.3 is 14.2 Å². The lowest BCUT2D eigenvalue weighted by molar-refractivity contribution is -0.113. The van der Waals surface area contributed by atoms with Crippen LogP contribution < -0.4 is 0 Å². The van der Waals surface area contributed by atoms with Crippen LogP contribution in [-0.4, -0.2) is 37.1 Å². The van der Waals surface area contributed by atoms with E-state index in [0.29, 0.717) is 31.8 Å². The van der Waals surface area contributed by atoms with Crippen molar-refractivity contribution in [3.05, 3.63) is 0 Å². The molecule has 2 fully saturated rings. The molecule has 0 saturated heterocycles. The Balaban J connectivity index is 1.42. The van der Waals surface area contributed by atoms with E-state index >= 15 is 0 Å². The maximum atomic E-state index is 6.03. The van der Waals surface area contributed by atoms with Gasteiger partial charge in [0.05, 0.1) is 30.5 Å². The summed E-state index contributed by atoms with van der Waals surface area (Å²) in [5, 5.41) is 0. The largest absolute Gasteiger partial charge is 0.373 e. The van der Waals surface area contributed by atoms with E-state index in [2.05, 4.69) is 53.4 Å². The predicted octanol–water partition coefficient (Wildman–Crippen LogP) is 5.22. The second kappa shape index (κ2) is 9.58. The van der Waals surface area contributed by atoms with E-state index in [0.717, 1.165) is 11.8 Å². The van der Waals surface area contributed by atoms with E-state index in [1.165, 1.54) is 38.5 Å². The summed E-state index contributed by atoms with van der Waals surface area (Å²) in [6, 6.07) is 0. The molecule has 0 aromatic rings. The fourth-order valence-corrected chi connectivity index (χ4v) is 3.78. The zero-order chi connectivity index (χ0) is 19.2. The summed E-state index contributed by atoms with van der Waals surface area (Å²) < 4.78 is 17.1. The fraction of sp³-hybridized carbons (Fsp3) is 0.913. The third-order valence-electron chi connectivity index (χ3n) is 5.17. The van der Waals surface area contributed by atoms with E-state index in [1.54, 1.807) is 0 Å². The highest BCUT2D eigenvalue weighted by Gasteiger charge is 2.34. The first kappa shape index (κ1) is 21.7. The molecule has 0 heterocycles. The molecule has 0 bridgehead atoms. The Labute approximate surface area is 161 Å². The molecule has 2 rings (SSSR count). The van der Waals surface area contributed by atoms with Crippen molar-refractivity contribution in [2.75, 3.05) is 19.8 Å². The molecule has 0 N–H and O–H groups in total. The topological polar surface area (TPSA) is 27.7 Å². The second-order valence-electron chi connectivity index (χ2n) is 10.1. The van der Waals surface area contributed by atoms with Crippen LogP contribution in [0.5, 0.6) is 0 Å². The Kier molecular flexibility index (Phi) is 8.01. The van der Waals surface area contributed by atoms with Gasteiger partial charge in [-0.1, -0.05) is 18.3 Å². The van der Waals surface area contributed by atoms with Gasteiger partial charge in [-0.2, -0.15) is 0 Å². The Hall–Kier alpha value is -0.560. The fourth-order valence-electron chi connectivity index (χ4n) is 3.78. The molecule has 3 nitrogen and oxygen atoms in total. The normalized spacial score (nSPS) is 28.7. The van der Waals surface area contributed by atoms with Gasteiger partial charge in [0.2, 0.25) is 0 Å². The zero-order valence-corrected chi connectivity index (χ0v) is 17.9. The molecule has 0 unspecified atom stereocenters. The van der Waals surface area contributed by atoms with Gasteiger partial charge in [-0.05, 0) is 85.5 Å². The molecule has 0 aromatic carbocycles. The van der Waals surface area contributed by atoms with Gasteiger partial charge in [-0.3, -0.25) is 0 Å². The molecule has 2 saturated carbocycles. The van der Waals surface area contributed by atoms with Crippen LogP contribution in [0.3, 0.4) is 0 Å². The summed E-state index contributed by atoms with van der Waals surface area (Å²) in [7, 11) is 0. The van der Waals surface area contributed by atoms with E-state index in [4.69, 9.17) is 14.2 Å². The van der Waals surface area contributed by atoms with Gasteiger partial charge in [-0.25, -0.2) is 0 Å². The van der Waals surface area contributed by atoms with Crippen LogP contribution in [0.15, 0.2) is 0 Å². The van der Waals surface area contributed by atoms with Gasteiger partial charge in [0.15, 0.2) is 0 Å². The standard InChI is InChI=1S/C23H40O3/c1-22(2,3)25-13-12-24-11-7-8-18-14-19(15-18)9-10-20-16-21(17-20)26-23(4,5)6/h18-21H,9-17H2,1-6H3. The summed E-state index contributed by atoms with van der Waals surface area (Å²) >= 11 is 0. The lowest BCUT2D eigenvalue weighted by Crippen LogP contribution is -2.37. The van der Waals surface area contributed by atoms with Gasteiger partial charge in [0, 0.05) is 5.92 Å². The summed E-state index contributed by atoms with van der Waals surface area (Å²) in [6.45, 7) is 14.4. The third-order valence-corrected chi connectivity index (χ3v) is 5.17. The summed E-state index contributed by atoms with van der Waals surface area (Å²) in [6.07, 6.45) is 8.38. The predicted molar refractivity (Wildman–Crippen MR) is 107 cm³/mol. The molecule has 0 aromatic heterocycles. The number of ether oxygens (including phenoxy) is 3. The van der Waals surface area contributed by atoms with Crippen molar-refractivity contribution in [3.63, 3.8) is 0 Å². The minimum absolute atomic E-state index is 0.0127. The summed E-state index contributed by atoms with van der Waals surface area (Å²) in [5.41, 5.74) is -0.0746. The summed E-state index contributed by atoms with van der Waals surface area (Å²) in [5.74, 6) is 8.95. The number of rotatable bonds is 8. The van der Waals surface area contributed by atoms with Crippen molar-refractivity contribution in [2.45, 2.75) is 97.4 Å². The van der Waals surface area contributed by atoms with Crippen molar-refractivity contribution in [3.8, 4) is 11.8 Å². The van der Waals surface area contributed by atoms with Crippen LogP contribution in [0.4, 0.5) is 0 Å². The average molecular weight is 365 g/mol. The molecule has 0 spiro atoms. The molecule has 3 heteroatoms. The number of hydrogen-bond donors (Lipinski definition) is 0. The van der Waals surface area contributed by atoms with Crippen LogP contribution in [0.1, 0.15) is 80.1 Å². The summed E-state index contributed by atoms with van der Waals surface area (Å²) in [4.78, 5) is 0. The monoisotopic (exact) mass is 364 g/mol. The van der Waals surface area contributed by atoms with E-state index in [1.807, 2.05) is 0 Å². The lowest BCUT2D eigenvalue weighted by Gasteiger charge is -2.41. The first-order chi connectivity index (χ1) is 12.1. The highest BCUT2D eigenvalue weighted by Crippen LogP contribution is 2.41. The van der Waals surface area contributed by atoms with E-state index < -0.39 is 0 Å². The smallest absolute Gasteiger partial charge is 0.107 e. The molecule has 26 heavy (non-hydrogen) atoms. The van der Waals surface area contributed by atoms with Crippen molar-refractivity contribution in [1.82, 2.24) is 0 Å². The molecule has 2 aliphatic carbocycles. The van der Waals surface area contributed by atoms with Crippen LogP contribution in [-0.2, 0) is 14.2 Å². The first-order valence-electron chi connectivity index (χ1n) is 10.5. The van der Waals surface area contributed by atoms with Crippen molar-refractivity contribution in [2.24, 2.45) is 17.8 Å². The minimum atomic E-state index is -0.0873. The minimum Gasteiger partial charge on any atom is -0.373 e. The molecule has 150 valence electrons. The van der Waals surface area contributed by atoms with E-state index in [9.17, 15) is 0 Å². The lowest BCUT2D eigenvalue weighted by atomic mass is 9.70. The molecule has 0 atom stereocenters. The van der Waals surface area contributed by atoms with Gasteiger partial charge >= 0.3 is 0 Å². The second-order valence-corrected chi connectivity index (χ2v) is 10.1. The van der Waals surface area contributed by atoms with Crippen molar-refractivity contribution >= 4 is 0 Å². The molecule has 2 aliphatic rings. The van der Waals surface area contributed by atoms with Crippen LogP contribution in [0.25, 0.3) is 0 Å².